The first-order chi connectivity index (χ1) is 13.2. The van der Waals surface area contributed by atoms with Crippen molar-refractivity contribution < 1.29 is 23.6 Å². The zero-order chi connectivity index (χ0) is 22.0. The lowest BCUT2D eigenvalue weighted by Crippen LogP contribution is -2.43. The summed E-state index contributed by atoms with van der Waals surface area (Å²) in [5, 5.41) is 11.7. The molecule has 1 atom stereocenters. The quantitative estimate of drug-likeness (QED) is 0.542. The summed E-state index contributed by atoms with van der Waals surface area (Å²) in [6.07, 6.45) is -0.685. The smallest absolute Gasteiger partial charge is 0.405 e. The first kappa shape index (κ1) is 22.4. The molecule has 0 saturated heterocycles. The Kier molecular flexibility index (Phi) is 6.06. The number of nitrogens with two attached hydrogens (primary N) is 1. The minimum Gasteiger partial charge on any atom is -0.492 e. The molecule has 158 valence electrons. The van der Waals surface area contributed by atoms with E-state index in [1.807, 2.05) is 26.8 Å². The molecular formula is C21H27FN2O5. The van der Waals surface area contributed by atoms with Crippen molar-refractivity contribution in [2.24, 2.45) is 5.73 Å². The summed E-state index contributed by atoms with van der Waals surface area (Å²) in [5.74, 6) is 0.298. The van der Waals surface area contributed by atoms with Crippen molar-refractivity contribution in [2.45, 2.75) is 64.3 Å². The number of nitro groups is 1. The van der Waals surface area contributed by atoms with Gasteiger partial charge in [-0.3, -0.25) is 10.1 Å². The van der Waals surface area contributed by atoms with Gasteiger partial charge in [0, 0.05) is 18.1 Å². The van der Waals surface area contributed by atoms with E-state index in [0.717, 1.165) is 0 Å². The van der Waals surface area contributed by atoms with Gasteiger partial charge in [0.1, 0.15) is 17.0 Å². The molecule has 1 aromatic carbocycles. The first-order valence-corrected chi connectivity index (χ1v) is 9.24. The van der Waals surface area contributed by atoms with Gasteiger partial charge in [0.25, 0.3) is 5.70 Å². The standard InChI is InChI=1S/C21H27FN2O5/c1-19(2,3)28-16-12-21(22,13-20(4,5)29-18(23)25)17(24(26)27)11-15(16)14-9-7-6-8-10-14/h6-11H,12-13H2,1-5H3,(H2,23,25). The molecule has 2 rings (SSSR count). The zero-order valence-electron chi connectivity index (χ0n) is 17.3. The van der Waals surface area contributed by atoms with Crippen LogP contribution in [0.5, 0.6) is 0 Å². The number of carbonyl (C=O) groups excluding carboxylic acids is 1. The van der Waals surface area contributed by atoms with E-state index in [4.69, 9.17) is 15.2 Å². The van der Waals surface area contributed by atoms with Crippen LogP contribution in [0.1, 0.15) is 53.0 Å². The predicted molar refractivity (Wildman–Crippen MR) is 107 cm³/mol. The fraction of sp³-hybridized carbons (Fsp3) is 0.476. The van der Waals surface area contributed by atoms with Gasteiger partial charge in [-0.15, -0.1) is 0 Å². The van der Waals surface area contributed by atoms with Gasteiger partial charge in [-0.1, -0.05) is 30.3 Å². The molecule has 0 spiro atoms. The maximum absolute atomic E-state index is 16.1. The Labute approximate surface area is 169 Å². The van der Waals surface area contributed by atoms with Gasteiger partial charge in [0.2, 0.25) is 5.67 Å². The van der Waals surface area contributed by atoms with Gasteiger partial charge in [-0.2, -0.15) is 0 Å². The topological polar surface area (TPSA) is 105 Å². The van der Waals surface area contributed by atoms with Gasteiger partial charge in [0.05, 0.1) is 11.3 Å². The highest BCUT2D eigenvalue weighted by molar-refractivity contribution is 5.78. The summed E-state index contributed by atoms with van der Waals surface area (Å²) in [7, 11) is 0. The molecule has 1 unspecified atom stereocenters. The van der Waals surface area contributed by atoms with Gasteiger partial charge >= 0.3 is 6.09 Å². The van der Waals surface area contributed by atoms with E-state index in [1.54, 1.807) is 24.3 Å². The summed E-state index contributed by atoms with van der Waals surface area (Å²) in [5.41, 5.74) is 1.17. The minimum absolute atomic E-state index is 0.298. The molecule has 0 aromatic heterocycles. The van der Waals surface area contributed by atoms with E-state index in [2.05, 4.69) is 0 Å². The number of alkyl halides is 1. The second-order valence-corrected chi connectivity index (χ2v) is 8.70. The van der Waals surface area contributed by atoms with Crippen molar-refractivity contribution in [3.05, 3.63) is 63.5 Å². The van der Waals surface area contributed by atoms with Crippen LogP contribution in [-0.4, -0.2) is 27.9 Å². The summed E-state index contributed by atoms with van der Waals surface area (Å²) < 4.78 is 27.1. The normalized spacial score (nSPS) is 20.1. The molecule has 1 amide bonds. The number of carbonyl (C=O) groups is 1. The molecule has 1 aromatic rings. The van der Waals surface area contributed by atoms with E-state index >= 15 is 4.39 Å². The molecule has 8 heteroatoms. The van der Waals surface area contributed by atoms with Gasteiger partial charge in [-0.05, 0) is 40.2 Å². The number of primary amides is 1. The number of amides is 1. The van der Waals surface area contributed by atoms with Crippen molar-refractivity contribution in [1.82, 2.24) is 0 Å². The van der Waals surface area contributed by atoms with Crippen LogP contribution >= 0.6 is 0 Å². The second kappa shape index (κ2) is 7.85. The van der Waals surface area contributed by atoms with Crippen molar-refractivity contribution in [3.63, 3.8) is 0 Å². The summed E-state index contributed by atoms with van der Waals surface area (Å²) in [6, 6.07) is 8.95. The fourth-order valence-corrected chi connectivity index (χ4v) is 3.46. The molecule has 0 heterocycles. The maximum atomic E-state index is 16.1. The van der Waals surface area contributed by atoms with E-state index in [0.29, 0.717) is 16.9 Å². The highest BCUT2D eigenvalue weighted by Crippen LogP contribution is 2.45. The third-order valence-electron chi connectivity index (χ3n) is 4.27. The Morgan fingerprint density at radius 3 is 2.31 bits per heavy atom. The number of halogens is 1. The Morgan fingerprint density at radius 2 is 1.83 bits per heavy atom. The number of rotatable bonds is 6. The van der Waals surface area contributed by atoms with E-state index in [1.165, 1.54) is 19.9 Å². The SMILES string of the molecule is CC(C)(C)OC1=C(c2ccccc2)C=C([N+](=O)[O-])C(F)(CC(C)(C)OC(N)=O)C1. The van der Waals surface area contributed by atoms with Crippen LogP contribution in [0.15, 0.2) is 47.9 Å². The molecule has 0 radical (unpaired) electrons. The number of benzene rings is 1. The Balaban J connectivity index is 2.58. The largest absolute Gasteiger partial charge is 0.492 e. The average molecular weight is 406 g/mol. The average Bonchev–Trinajstić information content (AvgIpc) is 2.51. The van der Waals surface area contributed by atoms with Crippen molar-refractivity contribution in [2.75, 3.05) is 0 Å². The van der Waals surface area contributed by atoms with Crippen molar-refractivity contribution >= 4 is 11.7 Å². The van der Waals surface area contributed by atoms with Crippen LogP contribution in [0, 0.1) is 10.1 Å². The number of ether oxygens (including phenoxy) is 2. The van der Waals surface area contributed by atoms with Gasteiger partial charge < -0.3 is 15.2 Å². The third-order valence-corrected chi connectivity index (χ3v) is 4.27. The molecule has 2 N–H and O–H groups in total. The van der Waals surface area contributed by atoms with Gasteiger partial charge in [0.15, 0.2) is 0 Å². The number of nitrogens with zero attached hydrogens (tertiary/aromatic N) is 1. The van der Waals surface area contributed by atoms with Gasteiger partial charge in [-0.25, -0.2) is 9.18 Å². The summed E-state index contributed by atoms with van der Waals surface area (Å²) in [6.45, 7) is 8.36. The number of allylic oxidation sites excluding steroid dienone is 4. The van der Waals surface area contributed by atoms with E-state index < -0.39 is 40.0 Å². The molecule has 1 aliphatic rings. The van der Waals surface area contributed by atoms with Crippen LogP contribution in [-0.2, 0) is 9.47 Å². The van der Waals surface area contributed by atoms with Crippen LogP contribution in [0.2, 0.25) is 0 Å². The Hall–Kier alpha value is -2.90. The molecular weight excluding hydrogens is 379 g/mol. The maximum Gasteiger partial charge on any atom is 0.405 e. The summed E-state index contributed by atoms with van der Waals surface area (Å²) in [4.78, 5) is 22.2. The monoisotopic (exact) mass is 406 g/mol. The molecule has 0 aliphatic heterocycles. The third kappa shape index (κ3) is 5.79. The Bertz CT molecular complexity index is 856. The molecule has 0 saturated carbocycles. The van der Waals surface area contributed by atoms with Crippen molar-refractivity contribution in [1.29, 1.82) is 0 Å². The minimum atomic E-state index is -2.42. The number of hydrogen-bond acceptors (Lipinski definition) is 5. The lowest BCUT2D eigenvalue weighted by Gasteiger charge is -2.36. The van der Waals surface area contributed by atoms with E-state index in [9.17, 15) is 14.9 Å². The lowest BCUT2D eigenvalue weighted by atomic mass is 9.79. The number of hydrogen-bond donors (Lipinski definition) is 1. The van der Waals surface area contributed by atoms with E-state index in [-0.39, 0.29) is 6.42 Å². The molecule has 1 aliphatic carbocycles. The highest BCUT2D eigenvalue weighted by atomic mass is 19.1. The van der Waals surface area contributed by atoms with Crippen LogP contribution in [0.25, 0.3) is 5.57 Å². The fourth-order valence-electron chi connectivity index (χ4n) is 3.46. The predicted octanol–water partition coefficient (Wildman–Crippen LogP) is 4.75. The molecule has 7 nitrogen and oxygen atoms in total. The second-order valence-electron chi connectivity index (χ2n) is 8.70. The van der Waals surface area contributed by atoms with Crippen LogP contribution < -0.4 is 5.73 Å². The first-order valence-electron chi connectivity index (χ1n) is 9.24. The molecule has 0 fully saturated rings. The Morgan fingerprint density at radius 1 is 1.24 bits per heavy atom. The van der Waals surface area contributed by atoms with Crippen molar-refractivity contribution in [3.8, 4) is 0 Å². The highest BCUT2D eigenvalue weighted by Gasteiger charge is 2.52. The van der Waals surface area contributed by atoms with Crippen LogP contribution in [0.3, 0.4) is 0 Å². The molecule has 0 bridgehead atoms. The summed E-state index contributed by atoms with van der Waals surface area (Å²) >= 11 is 0. The van der Waals surface area contributed by atoms with Crippen LogP contribution in [0.4, 0.5) is 9.18 Å². The molecule has 29 heavy (non-hydrogen) atoms. The lowest BCUT2D eigenvalue weighted by molar-refractivity contribution is -0.442. The zero-order valence-corrected chi connectivity index (χ0v) is 17.3.